The zero-order chi connectivity index (χ0) is 18.9. The molecule has 0 radical (unpaired) electrons. The van der Waals surface area contributed by atoms with Crippen LogP contribution in [0.2, 0.25) is 0 Å². The van der Waals surface area contributed by atoms with Gasteiger partial charge in [0.15, 0.2) is 0 Å². The van der Waals surface area contributed by atoms with E-state index in [1.54, 1.807) is 11.0 Å². The van der Waals surface area contributed by atoms with Gasteiger partial charge in [0.05, 0.1) is 25.3 Å². The average Bonchev–Trinajstić information content (AvgIpc) is 2.60. The van der Waals surface area contributed by atoms with Gasteiger partial charge in [-0.3, -0.25) is 19.3 Å². The lowest BCUT2D eigenvalue weighted by molar-refractivity contribution is -0.149. The summed E-state index contributed by atoms with van der Waals surface area (Å²) in [6, 6.07) is 5.07. The van der Waals surface area contributed by atoms with E-state index in [-0.39, 0.29) is 24.6 Å². The van der Waals surface area contributed by atoms with Gasteiger partial charge in [-0.1, -0.05) is 25.5 Å². The molecule has 1 atom stereocenters. The van der Waals surface area contributed by atoms with Crippen LogP contribution in [0, 0.1) is 5.82 Å². The van der Waals surface area contributed by atoms with Crippen molar-refractivity contribution in [3.63, 3.8) is 0 Å². The van der Waals surface area contributed by atoms with E-state index in [0.717, 1.165) is 12.8 Å². The summed E-state index contributed by atoms with van der Waals surface area (Å²) >= 11 is 0. The number of benzene rings is 1. The number of nitrogens with one attached hydrogen (secondary N) is 2. The molecule has 1 fully saturated rings. The molecule has 8 heteroatoms. The first-order chi connectivity index (χ1) is 12.5. The van der Waals surface area contributed by atoms with E-state index in [9.17, 15) is 18.8 Å². The van der Waals surface area contributed by atoms with Gasteiger partial charge in [0.25, 0.3) is 0 Å². The topological polar surface area (TPSA) is 87.7 Å². The molecule has 1 unspecified atom stereocenters. The predicted molar refractivity (Wildman–Crippen MR) is 93.9 cm³/mol. The number of hydrogen-bond donors (Lipinski definition) is 2. The SMILES string of the molecule is CCCCOC(=O)CC1C(=O)NCCN1CC(=O)Nc1ccccc1F. The van der Waals surface area contributed by atoms with Crippen molar-refractivity contribution >= 4 is 23.5 Å². The van der Waals surface area contributed by atoms with Crippen molar-refractivity contribution in [3.05, 3.63) is 30.1 Å². The van der Waals surface area contributed by atoms with Crippen molar-refractivity contribution in [1.82, 2.24) is 10.2 Å². The minimum Gasteiger partial charge on any atom is -0.466 e. The second-order valence-electron chi connectivity index (χ2n) is 6.08. The van der Waals surface area contributed by atoms with Gasteiger partial charge < -0.3 is 15.4 Å². The normalized spacial score (nSPS) is 17.5. The van der Waals surface area contributed by atoms with Crippen LogP contribution in [0.4, 0.5) is 10.1 Å². The van der Waals surface area contributed by atoms with E-state index in [4.69, 9.17) is 4.74 Å². The van der Waals surface area contributed by atoms with Crippen LogP contribution in [-0.2, 0) is 19.1 Å². The molecule has 2 amide bonds. The minimum atomic E-state index is -0.774. The van der Waals surface area contributed by atoms with Gasteiger partial charge in [-0.25, -0.2) is 4.39 Å². The van der Waals surface area contributed by atoms with Crippen molar-refractivity contribution < 1.29 is 23.5 Å². The number of unbranched alkanes of at least 4 members (excludes halogenated alkanes) is 1. The largest absolute Gasteiger partial charge is 0.466 e. The number of halogens is 1. The number of rotatable bonds is 8. The standard InChI is InChI=1S/C18H24FN3O4/c1-2-3-10-26-17(24)11-15-18(25)20-8-9-22(15)12-16(23)21-14-7-5-4-6-13(14)19/h4-7,15H,2-3,8-12H2,1H3,(H,20,25)(H,21,23). The maximum atomic E-state index is 13.6. The Balaban J connectivity index is 1.94. The highest BCUT2D eigenvalue weighted by molar-refractivity contribution is 5.93. The fourth-order valence-electron chi connectivity index (χ4n) is 2.66. The third kappa shape index (κ3) is 5.80. The van der Waals surface area contributed by atoms with E-state index >= 15 is 0 Å². The molecule has 1 heterocycles. The van der Waals surface area contributed by atoms with Crippen LogP contribution in [0.5, 0.6) is 0 Å². The van der Waals surface area contributed by atoms with Crippen LogP contribution in [0.15, 0.2) is 24.3 Å². The number of nitrogens with zero attached hydrogens (tertiary/aromatic N) is 1. The van der Waals surface area contributed by atoms with Crippen molar-refractivity contribution in [1.29, 1.82) is 0 Å². The Morgan fingerprint density at radius 1 is 1.38 bits per heavy atom. The summed E-state index contributed by atoms with van der Waals surface area (Å²) in [4.78, 5) is 37.9. The van der Waals surface area contributed by atoms with Crippen molar-refractivity contribution in [2.75, 3.05) is 31.6 Å². The summed E-state index contributed by atoms with van der Waals surface area (Å²) in [7, 11) is 0. The first-order valence-electron chi connectivity index (χ1n) is 8.73. The van der Waals surface area contributed by atoms with Crippen LogP contribution in [0.1, 0.15) is 26.2 Å². The number of carbonyl (C=O) groups is 3. The summed E-state index contributed by atoms with van der Waals surface area (Å²) in [6.07, 6.45) is 1.54. The van der Waals surface area contributed by atoms with Gasteiger partial charge in [-0.05, 0) is 18.6 Å². The predicted octanol–water partition coefficient (Wildman–Crippen LogP) is 1.30. The molecule has 0 aliphatic carbocycles. The first-order valence-corrected chi connectivity index (χ1v) is 8.73. The van der Waals surface area contributed by atoms with E-state index in [2.05, 4.69) is 10.6 Å². The number of carbonyl (C=O) groups excluding carboxylic acids is 3. The highest BCUT2D eigenvalue weighted by atomic mass is 19.1. The zero-order valence-electron chi connectivity index (χ0n) is 14.8. The van der Waals surface area contributed by atoms with Gasteiger partial charge in [0, 0.05) is 13.1 Å². The molecule has 0 spiro atoms. The highest BCUT2D eigenvalue weighted by Gasteiger charge is 2.33. The van der Waals surface area contributed by atoms with Crippen LogP contribution >= 0.6 is 0 Å². The number of para-hydroxylation sites is 1. The molecule has 26 heavy (non-hydrogen) atoms. The fourth-order valence-corrected chi connectivity index (χ4v) is 2.66. The van der Waals surface area contributed by atoms with E-state index in [0.29, 0.717) is 19.7 Å². The average molecular weight is 365 g/mol. The van der Waals surface area contributed by atoms with Gasteiger partial charge >= 0.3 is 5.97 Å². The summed E-state index contributed by atoms with van der Waals surface area (Å²) in [5, 5.41) is 5.17. The van der Waals surface area contributed by atoms with Crippen LogP contribution in [0.25, 0.3) is 0 Å². The Morgan fingerprint density at radius 2 is 2.15 bits per heavy atom. The molecular formula is C18H24FN3O4. The molecule has 142 valence electrons. The number of piperazine rings is 1. The Morgan fingerprint density at radius 3 is 2.88 bits per heavy atom. The van der Waals surface area contributed by atoms with Crippen molar-refractivity contribution in [2.45, 2.75) is 32.2 Å². The quantitative estimate of drug-likeness (QED) is 0.536. The summed E-state index contributed by atoms with van der Waals surface area (Å²) < 4.78 is 18.7. The molecule has 0 aromatic heterocycles. The summed E-state index contributed by atoms with van der Waals surface area (Å²) in [5.41, 5.74) is 0.0782. The number of amides is 2. The summed E-state index contributed by atoms with van der Waals surface area (Å²) in [6.45, 7) is 2.99. The first kappa shape index (κ1) is 19.8. The summed E-state index contributed by atoms with van der Waals surface area (Å²) in [5.74, 6) is -1.77. The van der Waals surface area contributed by atoms with Crippen molar-refractivity contribution in [3.8, 4) is 0 Å². The molecule has 7 nitrogen and oxygen atoms in total. The Bertz CT molecular complexity index is 653. The van der Waals surface area contributed by atoms with Crippen molar-refractivity contribution in [2.24, 2.45) is 0 Å². The molecule has 0 saturated carbocycles. The third-order valence-electron chi connectivity index (χ3n) is 4.06. The molecule has 2 N–H and O–H groups in total. The second-order valence-corrected chi connectivity index (χ2v) is 6.08. The number of ether oxygens (including phenoxy) is 1. The van der Waals surface area contributed by atoms with Gasteiger partial charge in [-0.15, -0.1) is 0 Å². The van der Waals surface area contributed by atoms with E-state index in [1.807, 2.05) is 6.92 Å². The molecule has 2 rings (SSSR count). The lowest BCUT2D eigenvalue weighted by Gasteiger charge is -2.33. The monoisotopic (exact) mass is 365 g/mol. The van der Waals surface area contributed by atoms with Gasteiger partial charge in [-0.2, -0.15) is 0 Å². The lowest BCUT2D eigenvalue weighted by atomic mass is 10.1. The molecular weight excluding hydrogens is 341 g/mol. The number of esters is 1. The van der Waals surface area contributed by atoms with Crippen LogP contribution in [0.3, 0.4) is 0 Å². The Labute approximate surface area is 151 Å². The van der Waals surface area contributed by atoms with Gasteiger partial charge in [0.1, 0.15) is 11.9 Å². The highest BCUT2D eigenvalue weighted by Crippen LogP contribution is 2.14. The van der Waals surface area contributed by atoms with Crippen LogP contribution < -0.4 is 10.6 Å². The molecule has 1 aliphatic rings. The van der Waals surface area contributed by atoms with Gasteiger partial charge in [0.2, 0.25) is 11.8 Å². The van der Waals surface area contributed by atoms with E-state index in [1.165, 1.54) is 18.2 Å². The number of hydrogen-bond acceptors (Lipinski definition) is 5. The Hall–Kier alpha value is -2.48. The van der Waals surface area contributed by atoms with E-state index < -0.39 is 23.7 Å². The fraction of sp³-hybridized carbons (Fsp3) is 0.500. The molecule has 1 saturated heterocycles. The molecule has 1 aliphatic heterocycles. The number of anilines is 1. The molecule has 0 bridgehead atoms. The Kier molecular flexibility index (Phi) is 7.53. The zero-order valence-corrected chi connectivity index (χ0v) is 14.8. The minimum absolute atomic E-state index is 0.0782. The maximum absolute atomic E-state index is 13.6. The molecule has 1 aromatic carbocycles. The molecule has 1 aromatic rings. The second kappa shape index (κ2) is 9.86. The lowest BCUT2D eigenvalue weighted by Crippen LogP contribution is -2.57. The smallest absolute Gasteiger partial charge is 0.307 e. The third-order valence-corrected chi connectivity index (χ3v) is 4.06. The maximum Gasteiger partial charge on any atom is 0.307 e. The van der Waals surface area contributed by atoms with Crippen LogP contribution in [-0.4, -0.2) is 55.0 Å².